The molecule has 0 radical (unpaired) electrons. The molecule has 2 atom stereocenters. The summed E-state index contributed by atoms with van der Waals surface area (Å²) in [6.45, 7) is 1.95. The van der Waals surface area contributed by atoms with Crippen LogP contribution in [0.2, 0.25) is 0 Å². The summed E-state index contributed by atoms with van der Waals surface area (Å²) in [5, 5.41) is 3.36. The molecule has 0 aliphatic heterocycles. The van der Waals surface area contributed by atoms with Crippen molar-refractivity contribution in [1.82, 2.24) is 9.97 Å². The Balaban J connectivity index is 2.07. The predicted molar refractivity (Wildman–Crippen MR) is 56.0 cm³/mol. The van der Waals surface area contributed by atoms with Crippen molar-refractivity contribution in [2.75, 3.05) is 5.32 Å². The minimum Gasteiger partial charge on any atom is -0.364 e. The first kappa shape index (κ1) is 9.40. The number of rotatable bonds is 2. The van der Waals surface area contributed by atoms with Crippen molar-refractivity contribution >= 4 is 5.82 Å². The first-order chi connectivity index (χ1) is 6.77. The minimum absolute atomic E-state index is 0.261. The molecule has 1 saturated carbocycles. The lowest BCUT2D eigenvalue weighted by Crippen LogP contribution is -2.35. The molecule has 0 saturated heterocycles. The van der Waals surface area contributed by atoms with E-state index in [1.54, 1.807) is 12.4 Å². The fourth-order valence-electron chi connectivity index (χ4n) is 1.89. The molecule has 0 amide bonds. The van der Waals surface area contributed by atoms with Crippen LogP contribution in [0.3, 0.4) is 0 Å². The van der Waals surface area contributed by atoms with Gasteiger partial charge in [0.1, 0.15) is 5.82 Å². The van der Waals surface area contributed by atoms with Gasteiger partial charge in [0.05, 0.1) is 5.69 Å². The van der Waals surface area contributed by atoms with Gasteiger partial charge in [-0.3, -0.25) is 4.98 Å². The highest BCUT2D eigenvalue weighted by Gasteiger charge is 2.24. The first-order valence-corrected chi connectivity index (χ1v) is 5.07. The van der Waals surface area contributed by atoms with Gasteiger partial charge in [-0.15, -0.1) is 0 Å². The molecule has 1 aliphatic carbocycles. The van der Waals surface area contributed by atoms with Crippen molar-refractivity contribution in [1.29, 1.82) is 0 Å². The normalized spacial score (nSPS) is 26.4. The molecule has 14 heavy (non-hydrogen) atoms. The maximum atomic E-state index is 5.97. The molecule has 2 rings (SSSR count). The zero-order valence-electron chi connectivity index (χ0n) is 8.40. The molecule has 1 aromatic heterocycles. The third-order valence-corrected chi connectivity index (χ3v) is 2.77. The number of anilines is 1. The predicted octanol–water partition coefficient (Wildman–Crippen LogP) is 1.08. The number of hydrogen-bond donors (Lipinski definition) is 2. The van der Waals surface area contributed by atoms with Gasteiger partial charge in [0.2, 0.25) is 0 Å². The highest BCUT2D eigenvalue weighted by Crippen LogP contribution is 2.21. The fourth-order valence-corrected chi connectivity index (χ4v) is 1.89. The van der Waals surface area contributed by atoms with Crippen molar-refractivity contribution in [2.24, 2.45) is 5.73 Å². The quantitative estimate of drug-likeness (QED) is 0.736. The van der Waals surface area contributed by atoms with E-state index in [4.69, 9.17) is 5.73 Å². The number of aryl methyl sites for hydroxylation is 1. The van der Waals surface area contributed by atoms with Gasteiger partial charge >= 0.3 is 0 Å². The lowest BCUT2D eigenvalue weighted by Gasteiger charge is -2.18. The Morgan fingerprint density at radius 1 is 1.36 bits per heavy atom. The van der Waals surface area contributed by atoms with Crippen molar-refractivity contribution in [3.05, 3.63) is 18.1 Å². The molecule has 0 bridgehead atoms. The van der Waals surface area contributed by atoms with Crippen LogP contribution in [-0.2, 0) is 0 Å². The van der Waals surface area contributed by atoms with Gasteiger partial charge in [0, 0.05) is 24.5 Å². The van der Waals surface area contributed by atoms with Crippen LogP contribution < -0.4 is 11.1 Å². The second-order valence-corrected chi connectivity index (χ2v) is 3.84. The summed E-state index contributed by atoms with van der Waals surface area (Å²) >= 11 is 0. The topological polar surface area (TPSA) is 63.8 Å². The SMILES string of the molecule is Cc1nccnc1NC1CCCC1N. The summed E-state index contributed by atoms with van der Waals surface area (Å²) in [6, 6.07) is 0.627. The van der Waals surface area contributed by atoms with Gasteiger partial charge in [-0.1, -0.05) is 0 Å². The van der Waals surface area contributed by atoms with E-state index in [0.717, 1.165) is 24.4 Å². The van der Waals surface area contributed by atoms with Crippen molar-refractivity contribution in [3.63, 3.8) is 0 Å². The van der Waals surface area contributed by atoms with E-state index in [0.29, 0.717) is 6.04 Å². The Kier molecular flexibility index (Phi) is 2.63. The first-order valence-electron chi connectivity index (χ1n) is 5.07. The fraction of sp³-hybridized carbons (Fsp3) is 0.600. The summed E-state index contributed by atoms with van der Waals surface area (Å²) in [5.41, 5.74) is 6.90. The molecular weight excluding hydrogens is 176 g/mol. The summed E-state index contributed by atoms with van der Waals surface area (Å²) in [7, 11) is 0. The summed E-state index contributed by atoms with van der Waals surface area (Å²) in [5.74, 6) is 0.870. The van der Waals surface area contributed by atoms with Crippen LogP contribution in [0.25, 0.3) is 0 Å². The molecule has 3 N–H and O–H groups in total. The average Bonchev–Trinajstić information content (AvgIpc) is 2.56. The van der Waals surface area contributed by atoms with Gasteiger partial charge in [0.15, 0.2) is 0 Å². The molecule has 0 aromatic carbocycles. The van der Waals surface area contributed by atoms with E-state index in [2.05, 4.69) is 15.3 Å². The lowest BCUT2D eigenvalue weighted by atomic mass is 10.2. The summed E-state index contributed by atoms with van der Waals surface area (Å²) < 4.78 is 0. The highest BCUT2D eigenvalue weighted by atomic mass is 15.1. The van der Waals surface area contributed by atoms with Gasteiger partial charge in [-0.2, -0.15) is 0 Å². The third-order valence-electron chi connectivity index (χ3n) is 2.77. The smallest absolute Gasteiger partial charge is 0.147 e. The number of aromatic nitrogens is 2. The second kappa shape index (κ2) is 3.92. The number of nitrogens with two attached hydrogens (primary N) is 1. The minimum atomic E-state index is 0.261. The standard InChI is InChI=1S/C10H16N4/c1-7-10(13-6-5-12-7)14-9-4-2-3-8(9)11/h5-6,8-9H,2-4,11H2,1H3,(H,13,14). The number of nitrogens with zero attached hydrogens (tertiary/aromatic N) is 2. The van der Waals surface area contributed by atoms with E-state index < -0.39 is 0 Å². The molecule has 1 heterocycles. The number of hydrogen-bond acceptors (Lipinski definition) is 4. The lowest BCUT2D eigenvalue weighted by molar-refractivity contribution is 0.634. The van der Waals surface area contributed by atoms with Crippen molar-refractivity contribution in [2.45, 2.75) is 38.3 Å². The van der Waals surface area contributed by atoms with E-state index in [-0.39, 0.29) is 6.04 Å². The van der Waals surface area contributed by atoms with Crippen LogP contribution in [-0.4, -0.2) is 22.1 Å². The zero-order valence-corrected chi connectivity index (χ0v) is 8.40. The zero-order chi connectivity index (χ0) is 9.97. The maximum Gasteiger partial charge on any atom is 0.147 e. The van der Waals surface area contributed by atoms with Gasteiger partial charge < -0.3 is 11.1 Å². The van der Waals surface area contributed by atoms with Crippen LogP contribution in [0, 0.1) is 6.92 Å². The molecule has 2 unspecified atom stereocenters. The molecular formula is C10H16N4. The summed E-state index contributed by atoms with van der Waals surface area (Å²) in [6.07, 6.45) is 6.86. The highest BCUT2D eigenvalue weighted by molar-refractivity contribution is 5.40. The van der Waals surface area contributed by atoms with Crippen molar-refractivity contribution in [3.8, 4) is 0 Å². The van der Waals surface area contributed by atoms with E-state index in [1.807, 2.05) is 6.92 Å². The molecule has 0 spiro atoms. The Hall–Kier alpha value is -1.16. The van der Waals surface area contributed by atoms with E-state index >= 15 is 0 Å². The van der Waals surface area contributed by atoms with Crippen LogP contribution in [0.15, 0.2) is 12.4 Å². The Labute approximate surface area is 83.9 Å². The van der Waals surface area contributed by atoms with Gasteiger partial charge in [-0.05, 0) is 26.2 Å². The molecule has 4 nitrogen and oxygen atoms in total. The van der Waals surface area contributed by atoms with Crippen molar-refractivity contribution < 1.29 is 0 Å². The van der Waals surface area contributed by atoms with Crippen LogP contribution in [0.4, 0.5) is 5.82 Å². The van der Waals surface area contributed by atoms with E-state index in [9.17, 15) is 0 Å². The average molecular weight is 192 g/mol. The number of nitrogens with one attached hydrogen (secondary N) is 1. The van der Waals surface area contributed by atoms with Crippen LogP contribution in [0.5, 0.6) is 0 Å². The molecule has 1 aromatic rings. The van der Waals surface area contributed by atoms with Crippen LogP contribution in [0.1, 0.15) is 25.0 Å². The summed E-state index contributed by atoms with van der Waals surface area (Å²) in [4.78, 5) is 8.43. The van der Waals surface area contributed by atoms with E-state index in [1.165, 1.54) is 6.42 Å². The van der Waals surface area contributed by atoms with Gasteiger partial charge in [-0.25, -0.2) is 4.98 Å². The molecule has 76 valence electrons. The molecule has 4 heteroatoms. The second-order valence-electron chi connectivity index (χ2n) is 3.84. The monoisotopic (exact) mass is 192 g/mol. The largest absolute Gasteiger partial charge is 0.364 e. The Morgan fingerprint density at radius 3 is 2.79 bits per heavy atom. The molecule has 1 aliphatic rings. The Morgan fingerprint density at radius 2 is 2.14 bits per heavy atom. The Bertz CT molecular complexity index is 313. The maximum absolute atomic E-state index is 5.97. The third kappa shape index (κ3) is 1.85. The van der Waals surface area contributed by atoms with Crippen LogP contribution >= 0.6 is 0 Å². The van der Waals surface area contributed by atoms with Gasteiger partial charge in [0.25, 0.3) is 0 Å². The molecule has 1 fully saturated rings.